The second kappa shape index (κ2) is 6.14. The molecule has 20 heavy (non-hydrogen) atoms. The van der Waals surface area contributed by atoms with Gasteiger partial charge in [-0.2, -0.15) is 8.78 Å². The predicted octanol–water partition coefficient (Wildman–Crippen LogP) is 2.73. The maximum Gasteiger partial charge on any atom is 0.387 e. The van der Waals surface area contributed by atoms with E-state index in [9.17, 15) is 8.78 Å². The van der Waals surface area contributed by atoms with Crippen molar-refractivity contribution in [3.8, 4) is 22.9 Å². The zero-order chi connectivity index (χ0) is 14.5. The van der Waals surface area contributed by atoms with E-state index in [1.807, 2.05) is 0 Å². The van der Waals surface area contributed by atoms with E-state index in [0.29, 0.717) is 23.8 Å². The normalized spacial score (nSPS) is 10.6. The molecule has 5 nitrogen and oxygen atoms in total. The molecule has 0 amide bonds. The molecule has 2 aromatic rings. The predicted molar refractivity (Wildman–Crippen MR) is 69.7 cm³/mol. The van der Waals surface area contributed by atoms with Crippen LogP contribution in [0.15, 0.2) is 30.5 Å². The van der Waals surface area contributed by atoms with E-state index >= 15 is 0 Å². The van der Waals surface area contributed by atoms with Crippen LogP contribution in [-0.2, 0) is 0 Å². The topological polar surface area (TPSA) is 70.3 Å². The molecule has 0 atom stereocenters. The Morgan fingerprint density at radius 1 is 1.25 bits per heavy atom. The van der Waals surface area contributed by atoms with E-state index < -0.39 is 6.61 Å². The van der Waals surface area contributed by atoms with Crippen molar-refractivity contribution < 1.29 is 18.3 Å². The van der Waals surface area contributed by atoms with Crippen molar-refractivity contribution in [1.29, 1.82) is 0 Å². The molecule has 0 bridgehead atoms. The lowest BCUT2D eigenvalue weighted by molar-refractivity contribution is -0.0514. The molecule has 2 N–H and O–H groups in total. The molecule has 0 saturated carbocycles. The summed E-state index contributed by atoms with van der Waals surface area (Å²) in [6, 6.07) is 6.05. The average molecular weight is 281 g/mol. The largest absolute Gasteiger partial charge is 0.490 e. The van der Waals surface area contributed by atoms with Crippen LogP contribution in [0.5, 0.6) is 11.5 Å². The molecule has 1 aromatic carbocycles. The monoisotopic (exact) mass is 281 g/mol. The molecule has 0 saturated heterocycles. The van der Waals surface area contributed by atoms with Crippen LogP contribution in [0.1, 0.15) is 6.92 Å². The first kappa shape index (κ1) is 14.0. The Morgan fingerprint density at radius 2 is 2.05 bits per heavy atom. The van der Waals surface area contributed by atoms with Crippen LogP contribution in [0.25, 0.3) is 11.4 Å². The van der Waals surface area contributed by atoms with Gasteiger partial charge in [0.05, 0.1) is 6.61 Å². The number of benzene rings is 1. The maximum atomic E-state index is 12.3. The Hall–Kier alpha value is -2.44. The summed E-state index contributed by atoms with van der Waals surface area (Å²) in [6.45, 7) is -0.847. The molecule has 1 aromatic heterocycles. The summed E-state index contributed by atoms with van der Waals surface area (Å²) >= 11 is 0. The lowest BCUT2D eigenvalue weighted by Crippen LogP contribution is -2.05. The van der Waals surface area contributed by atoms with Crippen molar-refractivity contribution in [2.75, 3.05) is 12.3 Å². The van der Waals surface area contributed by atoms with E-state index in [4.69, 9.17) is 10.5 Å². The number of ether oxygens (including phenoxy) is 2. The van der Waals surface area contributed by atoms with Crippen molar-refractivity contribution in [1.82, 2.24) is 9.97 Å². The number of hydrogen-bond acceptors (Lipinski definition) is 5. The summed E-state index contributed by atoms with van der Waals surface area (Å²) in [7, 11) is 0. The van der Waals surface area contributed by atoms with E-state index in [2.05, 4.69) is 14.7 Å². The summed E-state index contributed by atoms with van der Waals surface area (Å²) in [4.78, 5) is 8.12. The SMILES string of the molecule is CCOc1cc(-c2nccc(N)n2)ccc1OC(F)F. The molecule has 0 fully saturated rings. The van der Waals surface area contributed by atoms with Crippen molar-refractivity contribution in [3.05, 3.63) is 30.5 Å². The number of aromatic nitrogens is 2. The minimum Gasteiger partial charge on any atom is -0.490 e. The van der Waals surface area contributed by atoms with Crippen LogP contribution in [-0.4, -0.2) is 23.2 Å². The molecule has 2 rings (SSSR count). The molecule has 0 spiro atoms. The van der Waals surface area contributed by atoms with Crippen LogP contribution < -0.4 is 15.2 Å². The number of nitrogens with zero attached hydrogens (tertiary/aromatic N) is 2. The number of nitrogen functional groups attached to an aromatic ring is 1. The van der Waals surface area contributed by atoms with Gasteiger partial charge in [-0.15, -0.1) is 0 Å². The highest BCUT2D eigenvalue weighted by Gasteiger charge is 2.13. The van der Waals surface area contributed by atoms with E-state index in [0.717, 1.165) is 0 Å². The van der Waals surface area contributed by atoms with Crippen molar-refractivity contribution in [2.45, 2.75) is 13.5 Å². The zero-order valence-corrected chi connectivity index (χ0v) is 10.7. The number of hydrogen-bond donors (Lipinski definition) is 1. The summed E-state index contributed by atoms with van der Waals surface area (Å²) in [5.74, 6) is 0.876. The standard InChI is InChI=1S/C13H13F2N3O2/c1-2-19-10-7-8(3-4-9(10)20-13(14)15)12-17-6-5-11(16)18-12/h3-7,13H,2H2,1H3,(H2,16,17,18). The van der Waals surface area contributed by atoms with Crippen LogP contribution in [0.2, 0.25) is 0 Å². The third-order valence-electron chi connectivity index (χ3n) is 2.39. The molecule has 0 unspecified atom stereocenters. The van der Waals surface area contributed by atoms with Gasteiger partial charge in [-0.3, -0.25) is 0 Å². The van der Waals surface area contributed by atoms with Gasteiger partial charge in [0.25, 0.3) is 0 Å². The van der Waals surface area contributed by atoms with E-state index in [1.165, 1.54) is 18.3 Å². The quantitative estimate of drug-likeness (QED) is 0.912. The first-order valence-electron chi connectivity index (χ1n) is 5.90. The van der Waals surface area contributed by atoms with Gasteiger partial charge in [-0.05, 0) is 31.2 Å². The number of alkyl halides is 2. The van der Waals surface area contributed by atoms with Crippen LogP contribution in [0, 0.1) is 0 Å². The minimum absolute atomic E-state index is 0.0329. The van der Waals surface area contributed by atoms with Crippen molar-refractivity contribution >= 4 is 5.82 Å². The first-order chi connectivity index (χ1) is 9.60. The molecule has 7 heteroatoms. The smallest absolute Gasteiger partial charge is 0.387 e. The number of anilines is 1. The van der Waals surface area contributed by atoms with Gasteiger partial charge < -0.3 is 15.2 Å². The van der Waals surface area contributed by atoms with Crippen molar-refractivity contribution in [2.24, 2.45) is 0 Å². The van der Waals surface area contributed by atoms with Gasteiger partial charge in [0, 0.05) is 11.8 Å². The maximum absolute atomic E-state index is 12.3. The van der Waals surface area contributed by atoms with Crippen LogP contribution in [0.3, 0.4) is 0 Å². The van der Waals surface area contributed by atoms with Gasteiger partial charge in [0.1, 0.15) is 5.82 Å². The molecule has 0 aliphatic rings. The highest BCUT2D eigenvalue weighted by Crippen LogP contribution is 2.32. The Kier molecular flexibility index (Phi) is 4.29. The third-order valence-corrected chi connectivity index (χ3v) is 2.39. The lowest BCUT2D eigenvalue weighted by atomic mass is 10.2. The highest BCUT2D eigenvalue weighted by atomic mass is 19.3. The Labute approximate surface area is 114 Å². The summed E-state index contributed by atoms with van der Waals surface area (Å²) in [5.41, 5.74) is 6.18. The van der Waals surface area contributed by atoms with Gasteiger partial charge in [-0.25, -0.2) is 9.97 Å². The first-order valence-corrected chi connectivity index (χ1v) is 5.90. The van der Waals surface area contributed by atoms with Gasteiger partial charge in [0.2, 0.25) is 0 Å². The Balaban J connectivity index is 2.38. The summed E-state index contributed by atoms with van der Waals surface area (Å²) < 4.78 is 34.3. The number of nitrogens with two attached hydrogens (primary N) is 1. The fourth-order valence-electron chi connectivity index (χ4n) is 1.62. The fourth-order valence-corrected chi connectivity index (χ4v) is 1.62. The molecule has 0 aliphatic carbocycles. The highest BCUT2D eigenvalue weighted by molar-refractivity contribution is 5.62. The van der Waals surface area contributed by atoms with Crippen LogP contribution >= 0.6 is 0 Å². The van der Waals surface area contributed by atoms with E-state index in [-0.39, 0.29) is 11.5 Å². The lowest BCUT2D eigenvalue weighted by Gasteiger charge is -2.12. The van der Waals surface area contributed by atoms with Gasteiger partial charge in [-0.1, -0.05) is 0 Å². The van der Waals surface area contributed by atoms with Crippen molar-refractivity contribution in [3.63, 3.8) is 0 Å². The zero-order valence-electron chi connectivity index (χ0n) is 10.7. The minimum atomic E-state index is -2.91. The summed E-state index contributed by atoms with van der Waals surface area (Å²) in [6.07, 6.45) is 1.52. The molecule has 1 heterocycles. The van der Waals surface area contributed by atoms with E-state index in [1.54, 1.807) is 19.1 Å². The average Bonchev–Trinajstić information content (AvgIpc) is 2.40. The van der Waals surface area contributed by atoms with Gasteiger partial charge in [0.15, 0.2) is 17.3 Å². The van der Waals surface area contributed by atoms with Gasteiger partial charge >= 0.3 is 6.61 Å². The Morgan fingerprint density at radius 3 is 2.70 bits per heavy atom. The fraction of sp³-hybridized carbons (Fsp3) is 0.231. The van der Waals surface area contributed by atoms with Crippen LogP contribution in [0.4, 0.5) is 14.6 Å². The summed E-state index contributed by atoms with van der Waals surface area (Å²) in [5, 5.41) is 0. The third kappa shape index (κ3) is 3.31. The second-order valence-corrected chi connectivity index (χ2v) is 3.78. The Bertz CT molecular complexity index is 594. The number of halogens is 2. The number of rotatable bonds is 5. The molecule has 0 aliphatic heterocycles. The molecular formula is C13H13F2N3O2. The molecule has 106 valence electrons. The molecular weight excluding hydrogens is 268 g/mol. The second-order valence-electron chi connectivity index (χ2n) is 3.78. The molecule has 0 radical (unpaired) electrons.